The summed E-state index contributed by atoms with van der Waals surface area (Å²) in [4.78, 5) is 8.38. The lowest BCUT2D eigenvalue weighted by Crippen LogP contribution is -2.19. The van der Waals surface area contributed by atoms with Crippen LogP contribution < -0.4 is 4.74 Å². The minimum atomic E-state index is -4.36. The first-order chi connectivity index (χ1) is 8.37. The van der Waals surface area contributed by atoms with E-state index in [9.17, 15) is 17.7 Å². The molecule has 0 aliphatic heterocycles. The molecule has 0 amide bonds. The average Bonchev–Trinajstić information content (AvgIpc) is 2.26. The Labute approximate surface area is 102 Å². The van der Waals surface area contributed by atoms with Crippen LogP contribution in [0.4, 0.5) is 13.2 Å². The Morgan fingerprint density at radius 2 is 1.83 bits per heavy atom. The Bertz CT molecular complexity index is 391. The highest BCUT2D eigenvalue weighted by Crippen LogP contribution is 2.19. The van der Waals surface area contributed by atoms with E-state index < -0.39 is 21.0 Å². The minimum absolute atomic E-state index is 0.0639. The zero-order chi connectivity index (χ0) is 13.6. The van der Waals surface area contributed by atoms with Crippen LogP contribution in [0.15, 0.2) is 24.3 Å². The second-order valence-corrected chi connectivity index (χ2v) is 4.10. The summed E-state index contributed by atoms with van der Waals surface area (Å²) in [6.45, 7) is -1.27. The van der Waals surface area contributed by atoms with E-state index in [4.69, 9.17) is 4.89 Å². The zero-order valence-electron chi connectivity index (χ0n) is 9.18. The molecule has 1 unspecified atom stereocenters. The van der Waals surface area contributed by atoms with Crippen LogP contribution in [0.5, 0.6) is 5.75 Å². The molecular formula is C10H11F3O4P+. The summed E-state index contributed by atoms with van der Waals surface area (Å²) in [5, 5.41) is 0. The molecule has 100 valence electrons. The molecule has 0 saturated carbocycles. The van der Waals surface area contributed by atoms with E-state index in [1.165, 1.54) is 12.1 Å². The third-order valence-corrected chi connectivity index (χ3v) is 2.32. The van der Waals surface area contributed by atoms with E-state index >= 15 is 0 Å². The first kappa shape index (κ1) is 14.9. The van der Waals surface area contributed by atoms with Gasteiger partial charge in [-0.25, -0.2) is 0 Å². The molecule has 8 heteroatoms. The van der Waals surface area contributed by atoms with Gasteiger partial charge in [-0.05, 0) is 17.7 Å². The largest absolute Gasteiger partial charge is 0.694 e. The van der Waals surface area contributed by atoms with Crippen LogP contribution in [0.2, 0.25) is 0 Å². The van der Waals surface area contributed by atoms with Gasteiger partial charge in [0.2, 0.25) is 0 Å². The average molecular weight is 283 g/mol. The molecule has 0 radical (unpaired) electrons. The molecule has 1 N–H and O–H groups in total. The van der Waals surface area contributed by atoms with Crippen LogP contribution in [0.25, 0.3) is 0 Å². The standard InChI is InChI=1S/C10H10F3O4P/c11-10(12,13)7-16-9-3-1-8(2-4-9)5-6-17-18(14)15/h1-4H,5-7H2/p+1. The smallest absolute Gasteiger partial charge is 0.484 e. The SMILES string of the molecule is O=[P+](O)OCCc1ccc(OCC(F)(F)F)cc1. The quantitative estimate of drug-likeness (QED) is 0.816. The molecule has 1 aromatic rings. The lowest BCUT2D eigenvalue weighted by molar-refractivity contribution is -0.153. The van der Waals surface area contributed by atoms with Crippen LogP contribution in [0.1, 0.15) is 5.56 Å². The monoisotopic (exact) mass is 283 g/mol. The lowest BCUT2D eigenvalue weighted by Gasteiger charge is -2.09. The predicted molar refractivity (Wildman–Crippen MR) is 57.5 cm³/mol. The van der Waals surface area contributed by atoms with Crippen molar-refractivity contribution in [3.8, 4) is 5.75 Å². The number of rotatable bonds is 6. The summed E-state index contributed by atoms with van der Waals surface area (Å²) in [5.74, 6) is 0.116. The van der Waals surface area contributed by atoms with E-state index in [1.54, 1.807) is 12.1 Å². The fourth-order valence-electron chi connectivity index (χ4n) is 1.16. The molecule has 0 saturated heterocycles. The van der Waals surface area contributed by atoms with Crippen molar-refractivity contribution >= 4 is 8.25 Å². The molecule has 18 heavy (non-hydrogen) atoms. The fourth-order valence-corrected chi connectivity index (χ4v) is 1.41. The summed E-state index contributed by atoms with van der Waals surface area (Å²) in [5.41, 5.74) is 0.770. The van der Waals surface area contributed by atoms with Crippen LogP contribution >= 0.6 is 8.25 Å². The molecule has 0 aliphatic rings. The maximum absolute atomic E-state index is 11.9. The van der Waals surface area contributed by atoms with Gasteiger partial charge in [-0.3, -0.25) is 0 Å². The number of alkyl halides is 3. The van der Waals surface area contributed by atoms with Crippen LogP contribution in [-0.4, -0.2) is 24.3 Å². The van der Waals surface area contributed by atoms with E-state index in [2.05, 4.69) is 9.26 Å². The van der Waals surface area contributed by atoms with Crippen molar-refractivity contribution in [1.29, 1.82) is 0 Å². The van der Waals surface area contributed by atoms with E-state index in [0.717, 1.165) is 5.56 Å². The number of ether oxygens (including phenoxy) is 1. The van der Waals surface area contributed by atoms with E-state index in [-0.39, 0.29) is 12.4 Å². The fraction of sp³-hybridized carbons (Fsp3) is 0.400. The van der Waals surface area contributed by atoms with Crippen molar-refractivity contribution in [2.45, 2.75) is 12.6 Å². The van der Waals surface area contributed by atoms with Gasteiger partial charge in [-0.15, -0.1) is 9.42 Å². The summed E-state index contributed by atoms with van der Waals surface area (Å²) in [6.07, 6.45) is -3.97. The van der Waals surface area contributed by atoms with Crippen molar-refractivity contribution in [2.75, 3.05) is 13.2 Å². The number of hydrogen-bond acceptors (Lipinski definition) is 3. The van der Waals surface area contributed by atoms with Gasteiger partial charge in [0, 0.05) is 11.0 Å². The maximum atomic E-state index is 11.9. The Kier molecular flexibility index (Phi) is 5.53. The zero-order valence-corrected chi connectivity index (χ0v) is 10.1. The highest BCUT2D eigenvalue weighted by Gasteiger charge is 2.28. The topological polar surface area (TPSA) is 55.8 Å². The second-order valence-electron chi connectivity index (χ2n) is 3.37. The van der Waals surface area contributed by atoms with Crippen molar-refractivity contribution < 1.29 is 31.9 Å². The molecule has 0 heterocycles. The number of halogens is 3. The van der Waals surface area contributed by atoms with Crippen LogP contribution in [0, 0.1) is 0 Å². The number of hydrogen-bond donors (Lipinski definition) is 1. The van der Waals surface area contributed by atoms with Crippen LogP contribution in [-0.2, 0) is 15.5 Å². The molecule has 0 aliphatic carbocycles. The molecule has 1 rings (SSSR count). The highest BCUT2D eigenvalue weighted by molar-refractivity contribution is 7.32. The van der Waals surface area contributed by atoms with Crippen LogP contribution in [0.3, 0.4) is 0 Å². The molecule has 0 bridgehead atoms. The van der Waals surface area contributed by atoms with E-state index in [1.807, 2.05) is 0 Å². The van der Waals surface area contributed by atoms with E-state index in [0.29, 0.717) is 6.42 Å². The van der Waals surface area contributed by atoms with Gasteiger partial charge in [0.05, 0.1) is 0 Å². The Morgan fingerprint density at radius 1 is 1.22 bits per heavy atom. The summed E-state index contributed by atoms with van der Waals surface area (Å²) in [6, 6.07) is 5.94. The lowest BCUT2D eigenvalue weighted by atomic mass is 10.1. The molecular weight excluding hydrogens is 272 g/mol. The van der Waals surface area contributed by atoms with Gasteiger partial charge in [0.15, 0.2) is 6.61 Å². The molecule has 1 atom stereocenters. The third kappa shape index (κ3) is 6.54. The Hall–Kier alpha value is -1.17. The highest BCUT2D eigenvalue weighted by atomic mass is 31.1. The van der Waals surface area contributed by atoms with Gasteiger partial charge in [-0.2, -0.15) is 13.2 Å². The predicted octanol–water partition coefficient (Wildman–Crippen LogP) is 2.84. The third-order valence-electron chi connectivity index (χ3n) is 1.92. The van der Waals surface area contributed by atoms with Crippen molar-refractivity contribution in [3.63, 3.8) is 0 Å². The molecule has 1 aromatic carbocycles. The van der Waals surface area contributed by atoms with Gasteiger partial charge in [-0.1, -0.05) is 12.1 Å². The summed E-state index contributed by atoms with van der Waals surface area (Å²) >= 11 is 0. The van der Waals surface area contributed by atoms with Gasteiger partial charge < -0.3 is 4.74 Å². The maximum Gasteiger partial charge on any atom is 0.694 e. The molecule has 4 nitrogen and oxygen atoms in total. The van der Waals surface area contributed by atoms with Crippen molar-refractivity contribution in [2.24, 2.45) is 0 Å². The molecule has 0 aromatic heterocycles. The van der Waals surface area contributed by atoms with Gasteiger partial charge in [0.25, 0.3) is 0 Å². The van der Waals surface area contributed by atoms with Gasteiger partial charge >= 0.3 is 14.4 Å². The van der Waals surface area contributed by atoms with Gasteiger partial charge in [0.1, 0.15) is 12.4 Å². The summed E-state index contributed by atoms with van der Waals surface area (Å²) < 4.78 is 54.8. The van der Waals surface area contributed by atoms with Crippen molar-refractivity contribution in [3.05, 3.63) is 29.8 Å². The van der Waals surface area contributed by atoms with Crippen molar-refractivity contribution in [1.82, 2.24) is 0 Å². The summed E-state index contributed by atoms with van der Waals surface area (Å²) in [7, 11) is -2.62. The second kappa shape index (κ2) is 6.68. The first-order valence-corrected chi connectivity index (χ1v) is 6.07. The minimum Gasteiger partial charge on any atom is -0.484 e. The number of benzene rings is 1. The Balaban J connectivity index is 2.40. The Morgan fingerprint density at radius 3 is 2.33 bits per heavy atom. The molecule has 0 fully saturated rings. The molecule has 0 spiro atoms. The normalized spacial score (nSPS) is 12.3. The first-order valence-electron chi connectivity index (χ1n) is 4.94.